The van der Waals surface area contributed by atoms with Crippen molar-refractivity contribution in [3.05, 3.63) is 46.2 Å². The van der Waals surface area contributed by atoms with Crippen molar-refractivity contribution in [1.82, 2.24) is 15.1 Å². The molecule has 1 saturated heterocycles. The number of rotatable bonds is 4. The molecule has 1 fully saturated rings. The summed E-state index contributed by atoms with van der Waals surface area (Å²) in [4.78, 5) is 0. The van der Waals surface area contributed by atoms with Gasteiger partial charge in [-0.15, -0.1) is 0 Å². The predicted molar refractivity (Wildman–Crippen MR) is 87.8 cm³/mol. The lowest BCUT2D eigenvalue weighted by molar-refractivity contribution is 0.0919. The number of hydrogen-bond acceptors (Lipinski definition) is 4. The Morgan fingerprint density at radius 3 is 3.13 bits per heavy atom. The number of aryl methyl sites for hydroxylation is 1. The standard InChI is InChI=1S/C17H20ClN3O2/c1-21-15(2-5-20-21)17-14(4-7-23-17)19-10-12-9-13(18)8-11-3-6-22-16(11)12/h2,5,8-9,14,17,19H,3-4,6-7,10H2,1H3/t14-,17-/m0/s1. The van der Waals surface area contributed by atoms with Crippen molar-refractivity contribution in [2.45, 2.75) is 31.5 Å². The Morgan fingerprint density at radius 1 is 1.39 bits per heavy atom. The lowest BCUT2D eigenvalue weighted by atomic mass is 10.1. The number of ether oxygens (including phenoxy) is 2. The van der Waals surface area contributed by atoms with Gasteiger partial charge in [0.25, 0.3) is 0 Å². The Labute approximate surface area is 140 Å². The van der Waals surface area contributed by atoms with Crippen LogP contribution in [-0.2, 0) is 24.8 Å². The van der Waals surface area contributed by atoms with Gasteiger partial charge in [0.1, 0.15) is 11.9 Å². The van der Waals surface area contributed by atoms with Crippen LogP contribution in [0.25, 0.3) is 0 Å². The molecule has 0 radical (unpaired) electrons. The highest BCUT2D eigenvalue weighted by molar-refractivity contribution is 6.30. The van der Waals surface area contributed by atoms with Crippen LogP contribution in [0.5, 0.6) is 5.75 Å². The minimum atomic E-state index is 0.0376. The maximum atomic E-state index is 6.23. The van der Waals surface area contributed by atoms with Gasteiger partial charge in [-0.05, 0) is 30.2 Å². The van der Waals surface area contributed by atoms with Crippen LogP contribution in [0.4, 0.5) is 0 Å². The van der Waals surface area contributed by atoms with Gasteiger partial charge in [-0.1, -0.05) is 11.6 Å². The van der Waals surface area contributed by atoms with E-state index >= 15 is 0 Å². The predicted octanol–water partition coefficient (Wildman–Crippen LogP) is 2.63. The minimum absolute atomic E-state index is 0.0376. The fourth-order valence-corrected chi connectivity index (χ4v) is 3.74. The summed E-state index contributed by atoms with van der Waals surface area (Å²) >= 11 is 6.23. The third-order valence-corrected chi connectivity index (χ3v) is 4.84. The molecule has 0 amide bonds. The van der Waals surface area contributed by atoms with Gasteiger partial charge < -0.3 is 14.8 Å². The van der Waals surface area contributed by atoms with Gasteiger partial charge in [-0.2, -0.15) is 5.10 Å². The molecule has 0 bridgehead atoms. The van der Waals surface area contributed by atoms with Crippen LogP contribution in [0.15, 0.2) is 24.4 Å². The molecule has 5 nitrogen and oxygen atoms in total. The van der Waals surface area contributed by atoms with Gasteiger partial charge in [0, 0.05) is 49.4 Å². The maximum absolute atomic E-state index is 6.23. The molecule has 1 aromatic heterocycles. The van der Waals surface area contributed by atoms with Gasteiger partial charge in [0.2, 0.25) is 0 Å². The van der Waals surface area contributed by atoms with E-state index in [4.69, 9.17) is 21.1 Å². The SMILES string of the molecule is Cn1nccc1[C@H]1OCC[C@@H]1NCc1cc(Cl)cc2c1OCC2. The average Bonchev–Trinajstić information content (AvgIpc) is 3.24. The Bertz CT molecular complexity index is 716. The van der Waals surface area contributed by atoms with Gasteiger partial charge in [0.05, 0.1) is 12.3 Å². The molecule has 0 saturated carbocycles. The molecule has 0 spiro atoms. The molecule has 2 aliphatic heterocycles. The van der Waals surface area contributed by atoms with Crippen LogP contribution in [0.1, 0.15) is 29.3 Å². The number of nitrogens with zero attached hydrogens (tertiary/aromatic N) is 2. The summed E-state index contributed by atoms with van der Waals surface area (Å²) in [6.07, 6.45) is 3.77. The molecule has 1 aromatic carbocycles. The number of benzene rings is 1. The van der Waals surface area contributed by atoms with Gasteiger partial charge in [0.15, 0.2) is 0 Å². The molecular weight excluding hydrogens is 314 g/mol. The van der Waals surface area contributed by atoms with Crippen molar-refractivity contribution < 1.29 is 9.47 Å². The molecule has 23 heavy (non-hydrogen) atoms. The fourth-order valence-electron chi connectivity index (χ4n) is 3.47. The number of halogens is 1. The number of nitrogens with one attached hydrogen (secondary N) is 1. The van der Waals surface area contributed by atoms with E-state index < -0.39 is 0 Å². The summed E-state index contributed by atoms with van der Waals surface area (Å²) < 4.78 is 13.6. The topological polar surface area (TPSA) is 48.3 Å². The minimum Gasteiger partial charge on any atom is -0.493 e. The van der Waals surface area contributed by atoms with E-state index in [1.165, 1.54) is 5.56 Å². The van der Waals surface area contributed by atoms with E-state index in [1.807, 2.05) is 36.1 Å². The Morgan fingerprint density at radius 2 is 2.30 bits per heavy atom. The third kappa shape index (κ3) is 2.84. The molecule has 4 rings (SSSR count). The second kappa shape index (κ2) is 6.15. The summed E-state index contributed by atoms with van der Waals surface area (Å²) in [5, 5.41) is 8.63. The lowest BCUT2D eigenvalue weighted by Gasteiger charge is -2.21. The van der Waals surface area contributed by atoms with Crippen molar-refractivity contribution in [2.75, 3.05) is 13.2 Å². The monoisotopic (exact) mass is 333 g/mol. The fraction of sp³-hybridized carbons (Fsp3) is 0.471. The average molecular weight is 334 g/mol. The lowest BCUT2D eigenvalue weighted by Crippen LogP contribution is -2.32. The molecule has 0 unspecified atom stereocenters. The smallest absolute Gasteiger partial charge is 0.127 e. The first-order chi connectivity index (χ1) is 11.2. The first-order valence-corrected chi connectivity index (χ1v) is 8.37. The molecule has 2 atom stereocenters. The summed E-state index contributed by atoms with van der Waals surface area (Å²) in [7, 11) is 1.95. The van der Waals surface area contributed by atoms with E-state index in [0.29, 0.717) is 0 Å². The zero-order chi connectivity index (χ0) is 15.8. The normalized spacial score (nSPS) is 23.0. The summed E-state index contributed by atoms with van der Waals surface area (Å²) in [6, 6.07) is 6.28. The highest BCUT2D eigenvalue weighted by Gasteiger charge is 2.31. The van der Waals surface area contributed by atoms with E-state index in [9.17, 15) is 0 Å². The first kappa shape index (κ1) is 15.0. The van der Waals surface area contributed by atoms with Crippen molar-refractivity contribution in [3.63, 3.8) is 0 Å². The van der Waals surface area contributed by atoms with Gasteiger partial charge in [-0.3, -0.25) is 4.68 Å². The second-order valence-electron chi connectivity index (χ2n) is 6.10. The molecule has 0 aliphatic carbocycles. The van der Waals surface area contributed by atoms with Crippen LogP contribution in [-0.4, -0.2) is 29.0 Å². The molecule has 2 aromatic rings. The van der Waals surface area contributed by atoms with Crippen molar-refractivity contribution in [3.8, 4) is 5.75 Å². The molecule has 3 heterocycles. The molecule has 6 heteroatoms. The highest BCUT2D eigenvalue weighted by Crippen LogP contribution is 2.34. The van der Waals surface area contributed by atoms with E-state index in [-0.39, 0.29) is 12.1 Å². The zero-order valence-corrected chi connectivity index (χ0v) is 13.8. The number of aromatic nitrogens is 2. The molecule has 2 aliphatic rings. The van der Waals surface area contributed by atoms with E-state index in [2.05, 4.69) is 10.4 Å². The van der Waals surface area contributed by atoms with Crippen molar-refractivity contribution in [1.29, 1.82) is 0 Å². The summed E-state index contributed by atoms with van der Waals surface area (Å²) in [6.45, 7) is 2.23. The largest absolute Gasteiger partial charge is 0.493 e. The Hall–Kier alpha value is -1.56. The Balaban J connectivity index is 1.50. The molecular formula is C17H20ClN3O2. The van der Waals surface area contributed by atoms with Crippen molar-refractivity contribution >= 4 is 11.6 Å². The van der Waals surface area contributed by atoms with Crippen LogP contribution in [0.2, 0.25) is 5.02 Å². The van der Waals surface area contributed by atoms with Crippen LogP contribution in [0.3, 0.4) is 0 Å². The summed E-state index contributed by atoms with van der Waals surface area (Å²) in [5.41, 5.74) is 3.44. The first-order valence-electron chi connectivity index (χ1n) is 7.99. The third-order valence-electron chi connectivity index (χ3n) is 4.62. The van der Waals surface area contributed by atoms with E-state index in [0.717, 1.165) is 54.6 Å². The second-order valence-corrected chi connectivity index (χ2v) is 6.54. The van der Waals surface area contributed by atoms with Gasteiger partial charge in [-0.25, -0.2) is 0 Å². The van der Waals surface area contributed by atoms with Crippen LogP contribution in [0, 0.1) is 0 Å². The maximum Gasteiger partial charge on any atom is 0.127 e. The zero-order valence-electron chi connectivity index (χ0n) is 13.1. The molecule has 1 N–H and O–H groups in total. The van der Waals surface area contributed by atoms with Gasteiger partial charge >= 0.3 is 0 Å². The highest BCUT2D eigenvalue weighted by atomic mass is 35.5. The number of fused-ring (bicyclic) bond motifs is 1. The van der Waals surface area contributed by atoms with Crippen LogP contribution < -0.4 is 10.1 Å². The van der Waals surface area contributed by atoms with E-state index in [1.54, 1.807) is 0 Å². The summed E-state index contributed by atoms with van der Waals surface area (Å²) in [5.74, 6) is 0.998. The van der Waals surface area contributed by atoms with Crippen LogP contribution >= 0.6 is 11.6 Å². The quantitative estimate of drug-likeness (QED) is 0.934. The molecule has 122 valence electrons. The Kier molecular flexibility index (Phi) is 4.01. The van der Waals surface area contributed by atoms with Crippen molar-refractivity contribution in [2.24, 2.45) is 7.05 Å². The number of hydrogen-bond donors (Lipinski definition) is 1.